The number of rotatable bonds is 5. The Morgan fingerprint density at radius 3 is 2.22 bits per heavy atom. The van der Waals surface area contributed by atoms with E-state index in [9.17, 15) is 22.8 Å². The zero-order valence-electron chi connectivity index (χ0n) is 19.3. The first-order valence-corrected chi connectivity index (χ1v) is 11.5. The van der Waals surface area contributed by atoms with Crippen LogP contribution < -0.4 is 5.69 Å². The molecular weight excluding hydrogens is 505 g/mol. The first kappa shape index (κ1) is 24.5. The number of alkyl halides is 3. The van der Waals surface area contributed by atoms with Crippen LogP contribution in [0.1, 0.15) is 28.5 Å². The lowest BCUT2D eigenvalue weighted by Gasteiger charge is -2.12. The van der Waals surface area contributed by atoms with Crippen LogP contribution in [-0.2, 0) is 12.7 Å². The average Bonchev–Trinajstić information content (AvgIpc) is 3.19. The number of fused-ring (bicyclic) bond motifs is 1. The fourth-order valence-electron chi connectivity index (χ4n) is 4.07. The van der Waals surface area contributed by atoms with Crippen LogP contribution in [0.2, 0.25) is 5.02 Å². The molecule has 0 N–H and O–H groups in total. The van der Waals surface area contributed by atoms with Crippen LogP contribution in [0.15, 0.2) is 83.9 Å². The lowest BCUT2D eigenvalue weighted by Crippen LogP contribution is -2.21. The number of ketones is 1. The zero-order chi connectivity index (χ0) is 26.3. The van der Waals surface area contributed by atoms with Gasteiger partial charge in [-0.25, -0.2) is 13.9 Å². The van der Waals surface area contributed by atoms with Crippen molar-refractivity contribution >= 4 is 23.0 Å². The van der Waals surface area contributed by atoms with Crippen LogP contribution in [0.3, 0.4) is 0 Å². The second-order valence-electron chi connectivity index (χ2n) is 8.43. The van der Waals surface area contributed by atoms with Gasteiger partial charge in [0.15, 0.2) is 11.4 Å². The van der Waals surface area contributed by atoms with E-state index in [2.05, 4.69) is 10.1 Å². The molecule has 186 valence electrons. The third-order valence-electron chi connectivity index (χ3n) is 5.94. The number of carbonyl (C=O) groups excluding carboxylic acids is 1. The van der Waals surface area contributed by atoms with Crippen LogP contribution in [0.5, 0.6) is 0 Å². The summed E-state index contributed by atoms with van der Waals surface area (Å²) in [5, 5.41) is 5.11. The fourth-order valence-corrected chi connectivity index (χ4v) is 4.19. The molecule has 10 heteroatoms. The number of hydrogen-bond donors (Lipinski definition) is 0. The van der Waals surface area contributed by atoms with Crippen molar-refractivity contribution in [1.29, 1.82) is 0 Å². The maximum absolute atomic E-state index is 13.2. The van der Waals surface area contributed by atoms with E-state index in [1.54, 1.807) is 48.7 Å². The summed E-state index contributed by atoms with van der Waals surface area (Å²) in [6.07, 6.45) is -1.87. The number of benzene rings is 2. The van der Waals surface area contributed by atoms with E-state index in [0.29, 0.717) is 27.4 Å². The maximum atomic E-state index is 13.2. The van der Waals surface area contributed by atoms with Crippen LogP contribution in [0.25, 0.3) is 27.9 Å². The molecule has 5 aromatic rings. The molecular formula is C27H18ClF3N4O2. The summed E-state index contributed by atoms with van der Waals surface area (Å²) < 4.78 is 41.2. The minimum absolute atomic E-state index is 0.0648. The molecule has 0 saturated carbocycles. The highest BCUT2D eigenvalue weighted by Crippen LogP contribution is 2.35. The SMILES string of the molecule is CC(=O)c1ccc(-c2c(-c3ccc(Cl)cc3)ccn3c(=O)n(Cc4ccc(C(F)(F)F)nc4)nc23)cc1. The van der Waals surface area contributed by atoms with E-state index in [4.69, 9.17) is 11.6 Å². The summed E-state index contributed by atoms with van der Waals surface area (Å²) in [6.45, 7) is 1.41. The highest BCUT2D eigenvalue weighted by molar-refractivity contribution is 6.30. The Kier molecular flexibility index (Phi) is 6.16. The smallest absolute Gasteiger partial charge is 0.295 e. The summed E-state index contributed by atoms with van der Waals surface area (Å²) in [7, 11) is 0. The Morgan fingerprint density at radius 1 is 0.946 bits per heavy atom. The molecule has 0 radical (unpaired) electrons. The van der Waals surface area contributed by atoms with Crippen molar-refractivity contribution in [3.05, 3.63) is 111 Å². The fraction of sp³-hybridized carbons (Fsp3) is 0.111. The van der Waals surface area contributed by atoms with Gasteiger partial charge in [0, 0.05) is 28.5 Å². The van der Waals surface area contributed by atoms with Crippen molar-refractivity contribution in [3.8, 4) is 22.3 Å². The van der Waals surface area contributed by atoms with Crippen molar-refractivity contribution in [1.82, 2.24) is 19.2 Å². The number of carbonyl (C=O) groups is 1. The molecule has 0 saturated heterocycles. The van der Waals surface area contributed by atoms with Crippen molar-refractivity contribution in [2.24, 2.45) is 0 Å². The molecule has 5 rings (SSSR count). The molecule has 0 aliphatic rings. The van der Waals surface area contributed by atoms with Gasteiger partial charge in [0.2, 0.25) is 0 Å². The van der Waals surface area contributed by atoms with E-state index in [0.717, 1.165) is 29.0 Å². The zero-order valence-corrected chi connectivity index (χ0v) is 20.1. The Morgan fingerprint density at radius 2 is 1.62 bits per heavy atom. The number of aromatic nitrogens is 4. The van der Waals surface area contributed by atoms with Gasteiger partial charge in [-0.15, -0.1) is 5.10 Å². The Labute approximate surface area is 213 Å². The molecule has 3 aromatic heterocycles. The largest absolute Gasteiger partial charge is 0.433 e. The molecule has 0 spiro atoms. The Bertz CT molecular complexity index is 1670. The van der Waals surface area contributed by atoms with Crippen LogP contribution in [0.4, 0.5) is 13.2 Å². The minimum atomic E-state index is -4.55. The first-order chi connectivity index (χ1) is 17.6. The number of halogens is 4. The van der Waals surface area contributed by atoms with Crippen molar-refractivity contribution < 1.29 is 18.0 Å². The molecule has 0 atom stereocenters. The van der Waals surface area contributed by atoms with Gasteiger partial charge in [-0.2, -0.15) is 13.2 Å². The molecule has 6 nitrogen and oxygen atoms in total. The molecule has 0 bridgehead atoms. The van der Waals surface area contributed by atoms with Gasteiger partial charge in [-0.3, -0.25) is 9.78 Å². The maximum Gasteiger partial charge on any atom is 0.433 e. The first-order valence-electron chi connectivity index (χ1n) is 11.1. The third kappa shape index (κ3) is 4.77. The van der Waals surface area contributed by atoms with E-state index >= 15 is 0 Å². The van der Waals surface area contributed by atoms with Crippen LogP contribution in [0, 0.1) is 0 Å². The normalized spacial score (nSPS) is 11.7. The predicted molar refractivity (Wildman–Crippen MR) is 134 cm³/mol. The molecule has 0 fully saturated rings. The molecule has 0 aliphatic heterocycles. The molecule has 37 heavy (non-hydrogen) atoms. The molecule has 0 amide bonds. The van der Waals surface area contributed by atoms with Gasteiger partial charge in [0.1, 0.15) is 5.69 Å². The van der Waals surface area contributed by atoms with E-state index in [1.165, 1.54) is 22.1 Å². The van der Waals surface area contributed by atoms with Gasteiger partial charge >= 0.3 is 11.9 Å². The number of pyridine rings is 2. The highest BCUT2D eigenvalue weighted by atomic mass is 35.5. The summed E-state index contributed by atoms with van der Waals surface area (Å²) >= 11 is 6.07. The van der Waals surface area contributed by atoms with Gasteiger partial charge in [-0.1, -0.05) is 54.1 Å². The molecule has 0 unspecified atom stereocenters. The van der Waals surface area contributed by atoms with Gasteiger partial charge in [0.25, 0.3) is 0 Å². The Balaban J connectivity index is 1.66. The van der Waals surface area contributed by atoms with Crippen LogP contribution >= 0.6 is 11.6 Å². The van der Waals surface area contributed by atoms with E-state index < -0.39 is 17.6 Å². The van der Waals surface area contributed by atoms with Gasteiger partial charge in [0.05, 0.1) is 6.54 Å². The topological polar surface area (TPSA) is 69.3 Å². The van der Waals surface area contributed by atoms with Crippen molar-refractivity contribution in [2.75, 3.05) is 0 Å². The quantitative estimate of drug-likeness (QED) is 0.260. The standard InChI is InChI=1S/C27H18ClF3N4O2/c1-16(36)18-3-5-20(6-4-18)24-22(19-7-9-21(28)10-8-19)12-13-34-25(24)33-35(26(34)37)15-17-2-11-23(32-14-17)27(29,30)31/h2-14H,15H2,1H3. The predicted octanol–water partition coefficient (Wildman–Crippen LogP) is 6.15. The van der Waals surface area contributed by atoms with Crippen molar-refractivity contribution in [3.63, 3.8) is 0 Å². The highest BCUT2D eigenvalue weighted by Gasteiger charge is 2.32. The lowest BCUT2D eigenvalue weighted by atomic mass is 9.95. The number of Topliss-reactive ketones (excluding diaryl/α,β-unsaturated/α-hetero) is 1. The van der Waals surface area contributed by atoms with Gasteiger partial charge in [-0.05, 0) is 53.4 Å². The summed E-state index contributed by atoms with van der Waals surface area (Å²) in [5.74, 6) is -0.0756. The Hall–Kier alpha value is -4.24. The summed E-state index contributed by atoms with van der Waals surface area (Å²) in [4.78, 5) is 28.4. The van der Waals surface area contributed by atoms with Crippen LogP contribution in [-0.4, -0.2) is 24.9 Å². The molecule has 0 aliphatic carbocycles. The minimum Gasteiger partial charge on any atom is -0.295 e. The van der Waals surface area contributed by atoms with Gasteiger partial charge < -0.3 is 0 Å². The monoisotopic (exact) mass is 522 g/mol. The van der Waals surface area contributed by atoms with E-state index in [1.807, 2.05) is 12.1 Å². The summed E-state index contributed by atoms with van der Waals surface area (Å²) in [6, 6.07) is 18.1. The average molecular weight is 523 g/mol. The number of hydrogen-bond acceptors (Lipinski definition) is 4. The van der Waals surface area contributed by atoms with E-state index in [-0.39, 0.29) is 12.3 Å². The second-order valence-corrected chi connectivity index (χ2v) is 8.86. The molecule has 2 aromatic carbocycles. The molecule has 3 heterocycles. The van der Waals surface area contributed by atoms with Crippen molar-refractivity contribution in [2.45, 2.75) is 19.6 Å². The lowest BCUT2D eigenvalue weighted by molar-refractivity contribution is -0.141. The summed E-state index contributed by atoms with van der Waals surface area (Å²) in [5.41, 5.74) is 2.83. The second kappa shape index (κ2) is 9.33. The third-order valence-corrected chi connectivity index (χ3v) is 6.19. The number of nitrogens with zero attached hydrogens (tertiary/aromatic N) is 4.